The number of rotatable bonds is 7. The fourth-order valence-corrected chi connectivity index (χ4v) is 3.08. The molecule has 0 aliphatic heterocycles. The third-order valence-electron chi connectivity index (χ3n) is 3.74. The lowest BCUT2D eigenvalue weighted by Crippen LogP contribution is -2.22. The molecule has 0 saturated heterocycles. The van der Waals surface area contributed by atoms with E-state index in [4.69, 9.17) is 9.47 Å². The molecule has 3 rings (SSSR count). The van der Waals surface area contributed by atoms with Crippen LogP contribution in [0.15, 0.2) is 41.5 Å². The zero-order valence-corrected chi connectivity index (χ0v) is 14.8. The molecule has 2 aromatic heterocycles. The number of methoxy groups -OCH3 is 2. The first-order valence-corrected chi connectivity index (χ1v) is 8.45. The van der Waals surface area contributed by atoms with Crippen molar-refractivity contribution >= 4 is 17.0 Å². The Morgan fingerprint density at radius 1 is 1.21 bits per heavy atom. The van der Waals surface area contributed by atoms with Crippen molar-refractivity contribution in [1.82, 2.24) is 14.8 Å². The number of anilines is 1. The van der Waals surface area contributed by atoms with Crippen LogP contribution in [-0.4, -0.2) is 29.0 Å². The van der Waals surface area contributed by atoms with Gasteiger partial charge in [-0.15, -0.1) is 11.3 Å². The van der Waals surface area contributed by atoms with Gasteiger partial charge in [0.1, 0.15) is 11.5 Å². The van der Waals surface area contributed by atoms with Crippen molar-refractivity contribution in [3.8, 4) is 11.5 Å². The summed E-state index contributed by atoms with van der Waals surface area (Å²) < 4.78 is 12.7. The molecule has 24 heavy (non-hydrogen) atoms. The van der Waals surface area contributed by atoms with Gasteiger partial charge in [-0.2, -0.15) is 5.10 Å². The van der Waals surface area contributed by atoms with Gasteiger partial charge in [0.15, 0.2) is 0 Å². The molecule has 0 atom stereocenters. The number of aromatic nitrogens is 3. The van der Waals surface area contributed by atoms with E-state index in [0.717, 1.165) is 28.4 Å². The average Bonchev–Trinajstić information content (AvgIpc) is 3.25. The van der Waals surface area contributed by atoms with Crippen molar-refractivity contribution < 1.29 is 9.47 Å². The lowest BCUT2D eigenvalue weighted by Gasteiger charge is -2.23. The van der Waals surface area contributed by atoms with Crippen LogP contribution in [0.2, 0.25) is 0 Å². The molecule has 0 saturated carbocycles. The number of hydrogen-bond donors (Lipinski definition) is 0. The summed E-state index contributed by atoms with van der Waals surface area (Å²) in [5.74, 6) is 1.65. The highest BCUT2D eigenvalue weighted by molar-refractivity contribution is 7.07. The largest absolute Gasteiger partial charge is 0.497 e. The molecule has 126 valence electrons. The summed E-state index contributed by atoms with van der Waals surface area (Å²) in [5.41, 5.74) is 4.97. The Morgan fingerprint density at radius 3 is 2.71 bits per heavy atom. The van der Waals surface area contributed by atoms with Crippen LogP contribution < -0.4 is 14.4 Å². The maximum atomic E-state index is 5.51. The standard InChI is InChI=1S/C17H20N4O2S/c1-20-10-15(7-19-20)21(9-14-11-24-12-18-14)8-13-6-16(22-2)4-5-17(13)23-3/h4-7,10-12H,8-9H2,1-3H3. The molecule has 0 aliphatic carbocycles. The zero-order chi connectivity index (χ0) is 16.9. The highest BCUT2D eigenvalue weighted by Gasteiger charge is 2.15. The summed E-state index contributed by atoms with van der Waals surface area (Å²) in [5, 5.41) is 6.35. The maximum Gasteiger partial charge on any atom is 0.124 e. The number of ether oxygens (including phenoxy) is 2. The normalized spacial score (nSPS) is 10.6. The molecule has 0 aliphatic rings. The van der Waals surface area contributed by atoms with Gasteiger partial charge in [0.25, 0.3) is 0 Å². The van der Waals surface area contributed by atoms with Crippen molar-refractivity contribution in [3.63, 3.8) is 0 Å². The first-order valence-electron chi connectivity index (χ1n) is 7.51. The molecular formula is C17H20N4O2S. The number of benzene rings is 1. The first kappa shape index (κ1) is 16.3. The number of aryl methyl sites for hydroxylation is 1. The third kappa shape index (κ3) is 3.68. The van der Waals surface area contributed by atoms with Crippen LogP contribution in [0.3, 0.4) is 0 Å². The Labute approximate surface area is 145 Å². The summed E-state index contributed by atoms with van der Waals surface area (Å²) in [6, 6.07) is 5.83. The van der Waals surface area contributed by atoms with E-state index < -0.39 is 0 Å². The minimum Gasteiger partial charge on any atom is -0.497 e. The molecule has 1 aromatic carbocycles. The topological polar surface area (TPSA) is 52.4 Å². The molecule has 0 amide bonds. The van der Waals surface area contributed by atoms with E-state index >= 15 is 0 Å². The van der Waals surface area contributed by atoms with Gasteiger partial charge in [-0.25, -0.2) is 4.98 Å². The predicted octanol–water partition coefficient (Wildman–Crippen LogP) is 3.10. The van der Waals surface area contributed by atoms with Gasteiger partial charge in [-0.1, -0.05) is 0 Å². The minimum absolute atomic E-state index is 0.670. The lowest BCUT2D eigenvalue weighted by molar-refractivity contribution is 0.398. The first-order chi connectivity index (χ1) is 11.7. The minimum atomic E-state index is 0.670. The van der Waals surface area contributed by atoms with Gasteiger partial charge >= 0.3 is 0 Å². The van der Waals surface area contributed by atoms with Crippen molar-refractivity contribution in [1.29, 1.82) is 0 Å². The maximum absolute atomic E-state index is 5.51. The van der Waals surface area contributed by atoms with Gasteiger partial charge in [0.2, 0.25) is 0 Å². The van der Waals surface area contributed by atoms with Gasteiger partial charge in [-0.3, -0.25) is 4.68 Å². The Bertz CT molecular complexity index is 786. The molecular weight excluding hydrogens is 324 g/mol. The van der Waals surface area contributed by atoms with E-state index in [2.05, 4.69) is 20.4 Å². The summed E-state index contributed by atoms with van der Waals surface area (Å²) >= 11 is 1.60. The van der Waals surface area contributed by atoms with Gasteiger partial charge in [0, 0.05) is 30.7 Å². The summed E-state index contributed by atoms with van der Waals surface area (Å²) in [4.78, 5) is 6.62. The van der Waals surface area contributed by atoms with Gasteiger partial charge < -0.3 is 14.4 Å². The number of hydrogen-bond acceptors (Lipinski definition) is 6. The molecule has 0 bridgehead atoms. The molecule has 0 radical (unpaired) electrons. The summed E-state index contributed by atoms with van der Waals surface area (Å²) in [6.07, 6.45) is 3.86. The van der Waals surface area contributed by atoms with Crippen molar-refractivity contribution in [3.05, 3.63) is 52.7 Å². The van der Waals surface area contributed by atoms with Crippen LogP contribution in [0, 0.1) is 0 Å². The van der Waals surface area contributed by atoms with Crippen LogP contribution in [0.25, 0.3) is 0 Å². The monoisotopic (exact) mass is 344 g/mol. The highest BCUT2D eigenvalue weighted by Crippen LogP contribution is 2.28. The summed E-state index contributed by atoms with van der Waals surface area (Å²) in [6.45, 7) is 1.37. The molecule has 6 nitrogen and oxygen atoms in total. The van der Waals surface area contributed by atoms with Crippen LogP contribution in [0.1, 0.15) is 11.3 Å². The van der Waals surface area contributed by atoms with E-state index in [1.165, 1.54) is 0 Å². The van der Waals surface area contributed by atoms with Crippen molar-refractivity contribution in [2.24, 2.45) is 7.05 Å². The molecule has 0 spiro atoms. The van der Waals surface area contributed by atoms with E-state index in [0.29, 0.717) is 13.1 Å². The fraction of sp³-hybridized carbons (Fsp3) is 0.294. The van der Waals surface area contributed by atoms with E-state index in [1.807, 2.05) is 43.2 Å². The smallest absolute Gasteiger partial charge is 0.124 e. The fourth-order valence-electron chi connectivity index (χ4n) is 2.53. The van der Waals surface area contributed by atoms with E-state index in [-0.39, 0.29) is 0 Å². The molecule has 0 N–H and O–H groups in total. The lowest BCUT2D eigenvalue weighted by atomic mass is 10.1. The van der Waals surface area contributed by atoms with E-state index in [1.54, 1.807) is 30.2 Å². The number of nitrogens with zero attached hydrogens (tertiary/aromatic N) is 4. The molecule has 3 aromatic rings. The van der Waals surface area contributed by atoms with E-state index in [9.17, 15) is 0 Å². The average molecular weight is 344 g/mol. The van der Waals surface area contributed by atoms with Crippen LogP contribution in [0.4, 0.5) is 5.69 Å². The molecule has 0 fully saturated rings. The highest BCUT2D eigenvalue weighted by atomic mass is 32.1. The molecule has 7 heteroatoms. The Morgan fingerprint density at radius 2 is 2.08 bits per heavy atom. The SMILES string of the molecule is COc1ccc(OC)c(CN(Cc2cscn2)c2cnn(C)c2)c1. The second-order valence-corrected chi connectivity index (χ2v) is 6.10. The Kier molecular flexibility index (Phi) is 5.00. The van der Waals surface area contributed by atoms with Crippen LogP contribution in [0.5, 0.6) is 11.5 Å². The van der Waals surface area contributed by atoms with Crippen molar-refractivity contribution in [2.75, 3.05) is 19.1 Å². The van der Waals surface area contributed by atoms with Crippen molar-refractivity contribution in [2.45, 2.75) is 13.1 Å². The quantitative estimate of drug-likeness (QED) is 0.659. The third-order valence-corrected chi connectivity index (χ3v) is 4.38. The second-order valence-electron chi connectivity index (χ2n) is 5.39. The van der Waals surface area contributed by atoms with Gasteiger partial charge in [-0.05, 0) is 18.2 Å². The zero-order valence-electron chi connectivity index (χ0n) is 14.0. The second kappa shape index (κ2) is 7.35. The molecule has 2 heterocycles. The van der Waals surface area contributed by atoms with Crippen LogP contribution >= 0.6 is 11.3 Å². The molecule has 0 unspecified atom stereocenters. The Hall–Kier alpha value is -2.54. The van der Waals surface area contributed by atoms with Crippen LogP contribution in [-0.2, 0) is 20.1 Å². The van der Waals surface area contributed by atoms with Gasteiger partial charge in [0.05, 0.1) is 43.9 Å². The summed E-state index contributed by atoms with van der Waals surface area (Å²) in [7, 11) is 5.26. The Balaban J connectivity index is 1.91. The predicted molar refractivity (Wildman–Crippen MR) is 94.8 cm³/mol. The number of thiazole rings is 1.